The van der Waals surface area contributed by atoms with E-state index in [1.54, 1.807) is 18.2 Å². The van der Waals surface area contributed by atoms with E-state index in [1.165, 1.54) is 0 Å². The fourth-order valence-corrected chi connectivity index (χ4v) is 4.64. The van der Waals surface area contributed by atoms with Gasteiger partial charge in [-0.1, -0.05) is 34.4 Å². The predicted octanol–water partition coefficient (Wildman–Crippen LogP) is 4.79. The minimum absolute atomic E-state index is 0.00304. The molecule has 2 heterocycles. The zero-order valence-corrected chi connectivity index (χ0v) is 16.1. The molecule has 5 nitrogen and oxygen atoms in total. The summed E-state index contributed by atoms with van der Waals surface area (Å²) in [7, 11) is 0. The zero-order chi connectivity index (χ0) is 18.5. The van der Waals surface area contributed by atoms with Gasteiger partial charge in [0.15, 0.2) is 5.78 Å². The molecule has 0 spiro atoms. The van der Waals surface area contributed by atoms with E-state index in [0.29, 0.717) is 53.3 Å². The first-order valence-corrected chi connectivity index (χ1v) is 10.1. The second-order valence-electron chi connectivity index (χ2n) is 7.57. The summed E-state index contributed by atoms with van der Waals surface area (Å²) in [6, 6.07) is 5.39. The minimum atomic E-state index is -0.309. The lowest BCUT2D eigenvalue weighted by molar-refractivity contribution is -0.130. The summed E-state index contributed by atoms with van der Waals surface area (Å²) in [4.78, 5) is 12.0. The monoisotopic (exact) mass is 407 g/mol. The lowest BCUT2D eigenvalue weighted by atomic mass is 9.87. The highest BCUT2D eigenvalue weighted by Crippen LogP contribution is 2.46. The highest BCUT2D eigenvalue weighted by Gasteiger charge is 2.43. The summed E-state index contributed by atoms with van der Waals surface area (Å²) < 4.78 is 17.4. The standard InChI is InChI=1S/C20H19Cl2NO4/c21-14-2-1-3-15(22)17(14)18-13(20(27-23-18)10-4-5-10)9-25-12-6-11-8-26-16(7-12)19(11)24/h1-3,10-12,16H,4-9H2. The van der Waals surface area contributed by atoms with Gasteiger partial charge in [0, 0.05) is 29.4 Å². The Labute approximate surface area is 166 Å². The molecule has 1 aliphatic heterocycles. The van der Waals surface area contributed by atoms with E-state index in [9.17, 15) is 4.79 Å². The number of carbonyl (C=O) groups excluding carboxylic acids is 1. The Bertz CT molecular complexity index is 856. The van der Waals surface area contributed by atoms with Crippen molar-refractivity contribution in [3.63, 3.8) is 0 Å². The van der Waals surface area contributed by atoms with Crippen molar-refractivity contribution < 1.29 is 18.8 Å². The van der Waals surface area contributed by atoms with Crippen LogP contribution in [0.2, 0.25) is 10.0 Å². The van der Waals surface area contributed by atoms with Crippen molar-refractivity contribution in [2.45, 2.75) is 50.4 Å². The molecule has 1 aromatic heterocycles. The van der Waals surface area contributed by atoms with Crippen molar-refractivity contribution in [2.24, 2.45) is 5.92 Å². The molecule has 3 aliphatic rings. The maximum atomic E-state index is 12.0. The number of rotatable bonds is 5. The van der Waals surface area contributed by atoms with Gasteiger partial charge in [0.2, 0.25) is 0 Å². The molecule has 5 rings (SSSR count). The van der Waals surface area contributed by atoms with E-state index >= 15 is 0 Å². The average Bonchev–Trinajstić information content (AvgIpc) is 3.38. The number of nitrogens with zero attached hydrogens (tertiary/aromatic N) is 1. The summed E-state index contributed by atoms with van der Waals surface area (Å²) in [5.41, 5.74) is 2.24. The zero-order valence-electron chi connectivity index (χ0n) is 14.6. The van der Waals surface area contributed by atoms with Gasteiger partial charge in [0.1, 0.15) is 17.6 Å². The van der Waals surface area contributed by atoms with E-state index in [-0.39, 0.29) is 23.9 Å². The largest absolute Gasteiger partial charge is 0.373 e. The molecule has 0 radical (unpaired) electrons. The van der Waals surface area contributed by atoms with Crippen LogP contribution in [0.3, 0.4) is 0 Å². The maximum absolute atomic E-state index is 12.0. The summed E-state index contributed by atoms with van der Waals surface area (Å²) in [6.45, 7) is 0.884. The van der Waals surface area contributed by atoms with Crippen molar-refractivity contribution >= 4 is 29.0 Å². The summed E-state index contributed by atoms with van der Waals surface area (Å²) in [5, 5.41) is 5.36. The molecule has 2 aromatic rings. The molecule has 0 N–H and O–H groups in total. The van der Waals surface area contributed by atoms with Gasteiger partial charge in [-0.2, -0.15) is 0 Å². The van der Waals surface area contributed by atoms with Crippen LogP contribution in [0, 0.1) is 5.92 Å². The number of carbonyl (C=O) groups is 1. The predicted molar refractivity (Wildman–Crippen MR) is 100.0 cm³/mol. The van der Waals surface area contributed by atoms with Gasteiger partial charge >= 0.3 is 0 Å². The Morgan fingerprint density at radius 3 is 2.63 bits per heavy atom. The van der Waals surface area contributed by atoms with Crippen LogP contribution >= 0.6 is 23.2 Å². The Kier molecular flexibility index (Phi) is 4.51. The van der Waals surface area contributed by atoms with Crippen LogP contribution in [0.5, 0.6) is 0 Å². The van der Waals surface area contributed by atoms with E-state index in [2.05, 4.69) is 5.16 Å². The fourth-order valence-electron chi connectivity index (χ4n) is 4.07. The summed E-state index contributed by atoms with van der Waals surface area (Å²) in [6.07, 6.45) is 3.19. The molecule has 2 bridgehead atoms. The van der Waals surface area contributed by atoms with Gasteiger partial charge in [-0.15, -0.1) is 0 Å². The Morgan fingerprint density at radius 1 is 1.15 bits per heavy atom. The van der Waals surface area contributed by atoms with Crippen molar-refractivity contribution in [1.29, 1.82) is 0 Å². The molecular weight excluding hydrogens is 389 g/mol. The second-order valence-corrected chi connectivity index (χ2v) is 8.39. The van der Waals surface area contributed by atoms with E-state index in [0.717, 1.165) is 24.2 Å². The van der Waals surface area contributed by atoms with Gasteiger partial charge in [0.25, 0.3) is 0 Å². The van der Waals surface area contributed by atoms with Gasteiger partial charge < -0.3 is 14.0 Å². The van der Waals surface area contributed by atoms with Crippen LogP contribution in [0.25, 0.3) is 11.3 Å². The normalized spacial score (nSPS) is 27.3. The number of benzene rings is 1. The van der Waals surface area contributed by atoms with Crippen LogP contribution in [0.4, 0.5) is 0 Å². The number of halogens is 2. The molecule has 2 aliphatic carbocycles. The minimum Gasteiger partial charge on any atom is -0.373 e. The Balaban J connectivity index is 1.42. The van der Waals surface area contributed by atoms with Gasteiger partial charge in [0.05, 0.1) is 29.4 Å². The maximum Gasteiger partial charge on any atom is 0.167 e. The molecule has 27 heavy (non-hydrogen) atoms. The van der Waals surface area contributed by atoms with E-state index < -0.39 is 0 Å². The van der Waals surface area contributed by atoms with Crippen LogP contribution in [-0.2, 0) is 20.9 Å². The average molecular weight is 408 g/mol. The third-order valence-electron chi connectivity index (χ3n) is 5.67. The molecule has 3 unspecified atom stereocenters. The molecule has 1 aromatic carbocycles. The summed E-state index contributed by atoms with van der Waals surface area (Å²) in [5.74, 6) is 1.45. The molecule has 3 atom stereocenters. The number of hydrogen-bond acceptors (Lipinski definition) is 5. The smallest absolute Gasteiger partial charge is 0.167 e. The van der Waals surface area contributed by atoms with Gasteiger partial charge in [-0.3, -0.25) is 4.79 Å². The van der Waals surface area contributed by atoms with Crippen LogP contribution in [-0.4, -0.2) is 29.8 Å². The first kappa shape index (κ1) is 17.7. The SMILES string of the molecule is O=C1C2COC1CC(OCc1c(-c3c(Cl)cccc3Cl)noc1C1CC1)C2. The van der Waals surface area contributed by atoms with Gasteiger partial charge in [-0.25, -0.2) is 0 Å². The third-order valence-corrected chi connectivity index (χ3v) is 6.30. The first-order valence-electron chi connectivity index (χ1n) is 9.31. The number of fused-ring (bicyclic) bond motifs is 2. The Hall–Kier alpha value is -1.40. The van der Waals surface area contributed by atoms with E-state index in [1.807, 2.05) is 0 Å². The van der Waals surface area contributed by atoms with Crippen LogP contribution in [0.1, 0.15) is 42.9 Å². The number of aromatic nitrogens is 1. The second kappa shape index (κ2) is 6.89. The van der Waals surface area contributed by atoms with Crippen molar-refractivity contribution in [3.8, 4) is 11.3 Å². The molecule has 0 amide bonds. The Morgan fingerprint density at radius 2 is 1.93 bits per heavy atom. The van der Waals surface area contributed by atoms with Crippen LogP contribution < -0.4 is 0 Å². The van der Waals surface area contributed by atoms with Crippen molar-refractivity contribution in [2.75, 3.05) is 6.61 Å². The topological polar surface area (TPSA) is 61.6 Å². The molecule has 2 saturated carbocycles. The van der Waals surface area contributed by atoms with E-state index in [4.69, 9.17) is 37.2 Å². The lowest BCUT2D eigenvalue weighted by Crippen LogP contribution is -2.34. The highest BCUT2D eigenvalue weighted by atomic mass is 35.5. The van der Waals surface area contributed by atoms with Crippen molar-refractivity contribution in [3.05, 3.63) is 39.6 Å². The molecule has 7 heteroatoms. The molecular formula is C20H19Cl2NO4. The number of ketones is 1. The molecule has 1 saturated heterocycles. The fraction of sp³-hybridized carbons (Fsp3) is 0.500. The highest BCUT2D eigenvalue weighted by molar-refractivity contribution is 6.39. The number of ether oxygens (including phenoxy) is 2. The summed E-state index contributed by atoms with van der Waals surface area (Å²) >= 11 is 12.8. The lowest BCUT2D eigenvalue weighted by Gasteiger charge is -2.25. The molecule has 3 fully saturated rings. The number of Topliss-reactive ketones (excluding diaryl/α,β-unsaturated/α-hetero) is 1. The van der Waals surface area contributed by atoms with Crippen molar-refractivity contribution in [1.82, 2.24) is 5.16 Å². The molecule has 142 valence electrons. The van der Waals surface area contributed by atoms with Crippen LogP contribution in [0.15, 0.2) is 22.7 Å². The first-order chi connectivity index (χ1) is 13.1. The third kappa shape index (κ3) is 3.21. The quantitative estimate of drug-likeness (QED) is 0.712. The van der Waals surface area contributed by atoms with Gasteiger partial charge in [-0.05, 0) is 31.4 Å². The number of hydrogen-bond donors (Lipinski definition) is 0.